The van der Waals surface area contributed by atoms with Crippen molar-refractivity contribution in [2.45, 2.75) is 33.0 Å². The molecule has 2 aromatic carbocycles. The lowest BCUT2D eigenvalue weighted by molar-refractivity contribution is -0.140. The number of aliphatic hydroxyl groups excluding tert-OH is 1. The van der Waals surface area contributed by atoms with Gasteiger partial charge in [-0.15, -0.1) is 0 Å². The number of Topliss-reactive ketones (excluding diaryl/α,β-unsaturated/α-hetero) is 1. The number of aliphatic hydroxyl groups is 1. The fraction of sp³-hybridized carbons (Fsp3) is 0.172. The summed E-state index contributed by atoms with van der Waals surface area (Å²) in [5.74, 6) is 0.358. The highest BCUT2D eigenvalue weighted by Gasteiger charge is 2.47. The first kappa shape index (κ1) is 23.2. The van der Waals surface area contributed by atoms with Crippen molar-refractivity contribution >= 4 is 17.4 Å². The summed E-state index contributed by atoms with van der Waals surface area (Å²) in [6, 6.07) is 20.7. The van der Waals surface area contributed by atoms with Gasteiger partial charge in [0.05, 0.1) is 18.4 Å². The Morgan fingerprint density at radius 1 is 0.972 bits per heavy atom. The molecule has 1 atom stereocenters. The predicted molar refractivity (Wildman–Crippen MR) is 132 cm³/mol. The third-order valence-corrected chi connectivity index (χ3v) is 6.26. The number of carbonyl (C=O) groups excluding carboxylic acids is 2. The van der Waals surface area contributed by atoms with E-state index < -0.39 is 17.7 Å². The Balaban J connectivity index is 1.45. The van der Waals surface area contributed by atoms with E-state index in [2.05, 4.69) is 0 Å². The number of ether oxygens (including phenoxy) is 1. The van der Waals surface area contributed by atoms with Crippen molar-refractivity contribution in [3.05, 3.63) is 119 Å². The number of ketones is 1. The molecule has 0 radical (unpaired) electrons. The monoisotopic (exact) mass is 483 g/mol. The number of hydrogen-bond acceptors (Lipinski definition) is 6. The first-order chi connectivity index (χ1) is 17.4. The van der Waals surface area contributed by atoms with Crippen LogP contribution in [0.4, 0.5) is 0 Å². The van der Waals surface area contributed by atoms with Crippen LogP contribution in [0, 0.1) is 13.8 Å². The van der Waals surface area contributed by atoms with Crippen molar-refractivity contribution in [3.8, 4) is 5.75 Å². The topological polar surface area (TPSA) is 93.1 Å². The van der Waals surface area contributed by atoms with Crippen LogP contribution in [0.1, 0.15) is 40.0 Å². The van der Waals surface area contributed by atoms with Crippen molar-refractivity contribution in [2.24, 2.45) is 0 Å². The maximum Gasteiger partial charge on any atom is 0.296 e. The Kier molecular flexibility index (Phi) is 6.21. The molecule has 7 heteroatoms. The van der Waals surface area contributed by atoms with Crippen LogP contribution in [0.3, 0.4) is 0 Å². The van der Waals surface area contributed by atoms with E-state index in [1.807, 2.05) is 31.2 Å². The number of nitrogens with zero attached hydrogens (tertiary/aromatic N) is 1. The number of aryl methyl sites for hydroxylation is 2. The third-order valence-electron chi connectivity index (χ3n) is 6.26. The highest BCUT2D eigenvalue weighted by atomic mass is 16.5. The van der Waals surface area contributed by atoms with E-state index in [9.17, 15) is 14.7 Å². The number of benzene rings is 2. The average molecular weight is 484 g/mol. The van der Waals surface area contributed by atoms with Gasteiger partial charge in [-0.1, -0.05) is 24.3 Å². The molecule has 4 aromatic rings. The van der Waals surface area contributed by atoms with Gasteiger partial charge < -0.3 is 23.6 Å². The molecule has 0 aliphatic carbocycles. The van der Waals surface area contributed by atoms with Gasteiger partial charge in [-0.05, 0) is 73.5 Å². The molecule has 0 saturated carbocycles. The molecule has 1 aliphatic heterocycles. The second kappa shape index (κ2) is 9.62. The minimum absolute atomic E-state index is 0.0329. The summed E-state index contributed by atoms with van der Waals surface area (Å²) < 4.78 is 17.1. The fourth-order valence-corrected chi connectivity index (χ4v) is 4.31. The summed E-state index contributed by atoms with van der Waals surface area (Å²) in [6.45, 7) is 4.27. The van der Waals surface area contributed by atoms with E-state index in [-0.39, 0.29) is 17.9 Å². The largest absolute Gasteiger partial charge is 0.507 e. The number of hydrogen-bond donors (Lipinski definition) is 1. The number of carbonyl (C=O) groups is 2. The van der Waals surface area contributed by atoms with E-state index in [4.69, 9.17) is 13.6 Å². The molecule has 1 fully saturated rings. The zero-order valence-electron chi connectivity index (χ0n) is 19.9. The molecular weight excluding hydrogens is 458 g/mol. The van der Waals surface area contributed by atoms with Gasteiger partial charge in [0.15, 0.2) is 0 Å². The Bertz CT molecular complexity index is 1430. The zero-order chi connectivity index (χ0) is 25.2. The number of amides is 1. The summed E-state index contributed by atoms with van der Waals surface area (Å²) in [6.07, 6.45) is 1.50. The smallest absolute Gasteiger partial charge is 0.296 e. The van der Waals surface area contributed by atoms with E-state index in [1.54, 1.807) is 55.5 Å². The molecule has 5 rings (SSSR count). The quantitative estimate of drug-likeness (QED) is 0.206. The van der Waals surface area contributed by atoms with E-state index in [1.165, 1.54) is 11.2 Å². The normalized spacial score (nSPS) is 17.1. The fourth-order valence-electron chi connectivity index (χ4n) is 4.31. The van der Waals surface area contributed by atoms with Gasteiger partial charge in [-0.25, -0.2) is 0 Å². The summed E-state index contributed by atoms with van der Waals surface area (Å²) in [5, 5.41) is 11.2. The minimum atomic E-state index is -0.888. The van der Waals surface area contributed by atoms with Crippen molar-refractivity contribution in [1.29, 1.82) is 0 Å². The molecule has 182 valence electrons. The molecule has 0 unspecified atom stereocenters. The van der Waals surface area contributed by atoms with Gasteiger partial charge >= 0.3 is 0 Å². The highest BCUT2D eigenvalue weighted by molar-refractivity contribution is 6.46. The molecule has 1 N–H and O–H groups in total. The van der Waals surface area contributed by atoms with Crippen LogP contribution < -0.4 is 4.74 Å². The standard InChI is InChI=1S/C29H25NO6/c1-18-6-3-4-7-21(18)17-35-22-12-10-20(11-13-22)27(31)25-26(24-14-9-19(2)36-24)30(29(33)28(25)32)16-23-8-5-15-34-23/h3-15,26,31H,16-17H2,1-2H3/b27-25+/t26-/m1/s1. The Morgan fingerprint density at radius 3 is 2.42 bits per heavy atom. The van der Waals surface area contributed by atoms with Crippen LogP contribution in [-0.4, -0.2) is 21.7 Å². The summed E-state index contributed by atoms with van der Waals surface area (Å²) >= 11 is 0. The maximum atomic E-state index is 13.1. The predicted octanol–water partition coefficient (Wildman–Crippen LogP) is 5.69. The molecule has 0 spiro atoms. The molecule has 36 heavy (non-hydrogen) atoms. The third kappa shape index (κ3) is 4.43. The second-order valence-corrected chi connectivity index (χ2v) is 8.69. The lowest BCUT2D eigenvalue weighted by atomic mass is 9.99. The molecule has 0 bridgehead atoms. The first-order valence-corrected chi connectivity index (χ1v) is 11.6. The van der Waals surface area contributed by atoms with E-state index in [0.717, 1.165) is 11.1 Å². The molecule has 3 heterocycles. The van der Waals surface area contributed by atoms with Crippen LogP contribution in [0.25, 0.3) is 5.76 Å². The Morgan fingerprint density at radius 2 is 1.75 bits per heavy atom. The highest BCUT2D eigenvalue weighted by Crippen LogP contribution is 2.41. The van der Waals surface area contributed by atoms with Gasteiger partial charge in [-0.2, -0.15) is 0 Å². The summed E-state index contributed by atoms with van der Waals surface area (Å²) in [5.41, 5.74) is 2.58. The van der Waals surface area contributed by atoms with Gasteiger partial charge in [0, 0.05) is 5.56 Å². The average Bonchev–Trinajstić information content (AvgIpc) is 3.61. The van der Waals surface area contributed by atoms with Crippen LogP contribution >= 0.6 is 0 Å². The van der Waals surface area contributed by atoms with Gasteiger partial charge in [-0.3, -0.25) is 9.59 Å². The van der Waals surface area contributed by atoms with Crippen molar-refractivity contribution in [2.75, 3.05) is 0 Å². The van der Waals surface area contributed by atoms with Gasteiger partial charge in [0.1, 0.15) is 41.4 Å². The van der Waals surface area contributed by atoms with Crippen molar-refractivity contribution in [1.82, 2.24) is 4.90 Å². The first-order valence-electron chi connectivity index (χ1n) is 11.6. The summed E-state index contributed by atoms with van der Waals surface area (Å²) in [7, 11) is 0. The SMILES string of the molecule is Cc1ccc([C@@H]2/C(=C(\O)c3ccc(OCc4ccccc4C)cc3)C(=O)C(=O)N2Cc2ccco2)o1. The maximum absolute atomic E-state index is 13.1. The van der Waals surface area contributed by atoms with Crippen molar-refractivity contribution in [3.63, 3.8) is 0 Å². The molecule has 7 nitrogen and oxygen atoms in total. The summed E-state index contributed by atoms with van der Waals surface area (Å²) in [4.78, 5) is 27.5. The Labute approximate surface area is 208 Å². The molecule has 1 aliphatic rings. The van der Waals surface area contributed by atoms with Crippen LogP contribution in [-0.2, 0) is 22.7 Å². The van der Waals surface area contributed by atoms with E-state index in [0.29, 0.717) is 35.2 Å². The number of likely N-dealkylation sites (tertiary alicyclic amines) is 1. The van der Waals surface area contributed by atoms with Crippen LogP contribution in [0.2, 0.25) is 0 Å². The Hall–Kier alpha value is -4.52. The van der Waals surface area contributed by atoms with Gasteiger partial charge in [0.25, 0.3) is 11.7 Å². The van der Waals surface area contributed by atoms with E-state index >= 15 is 0 Å². The van der Waals surface area contributed by atoms with Crippen LogP contribution in [0.5, 0.6) is 5.75 Å². The molecule has 1 saturated heterocycles. The van der Waals surface area contributed by atoms with Crippen molar-refractivity contribution < 1.29 is 28.3 Å². The van der Waals surface area contributed by atoms with Gasteiger partial charge in [0.2, 0.25) is 0 Å². The lowest BCUT2D eigenvalue weighted by Crippen LogP contribution is -2.28. The molecular formula is C29H25NO6. The number of furan rings is 2. The lowest BCUT2D eigenvalue weighted by Gasteiger charge is -2.22. The minimum Gasteiger partial charge on any atom is -0.507 e. The van der Waals surface area contributed by atoms with Crippen LogP contribution in [0.15, 0.2) is 93.5 Å². The second-order valence-electron chi connectivity index (χ2n) is 8.69. The number of rotatable bonds is 7. The molecule has 1 amide bonds. The molecule has 2 aromatic heterocycles. The zero-order valence-corrected chi connectivity index (χ0v) is 19.9.